The molecule has 4 rings (SSSR count). The molecule has 6 nitrogen and oxygen atoms in total. The summed E-state index contributed by atoms with van der Waals surface area (Å²) < 4.78 is 5.94. The van der Waals surface area contributed by atoms with Crippen LogP contribution in [0.2, 0.25) is 5.02 Å². The number of rotatable bonds is 6. The van der Waals surface area contributed by atoms with Crippen LogP contribution in [0.3, 0.4) is 0 Å². The second kappa shape index (κ2) is 8.09. The van der Waals surface area contributed by atoms with Gasteiger partial charge in [0.05, 0.1) is 10.7 Å². The summed E-state index contributed by atoms with van der Waals surface area (Å²) in [4.78, 5) is 29.1. The van der Waals surface area contributed by atoms with Crippen LogP contribution < -0.4 is 10.6 Å². The Bertz CT molecular complexity index is 1060. The first-order chi connectivity index (χ1) is 14.0. The molecule has 148 valence electrons. The lowest BCUT2D eigenvalue weighted by molar-refractivity contribution is -0.115. The molecular weight excluding hydrogens is 390 g/mol. The van der Waals surface area contributed by atoms with Crippen molar-refractivity contribution < 1.29 is 14.0 Å². The molecule has 2 amide bonds. The maximum atomic E-state index is 13.0. The predicted molar refractivity (Wildman–Crippen MR) is 112 cm³/mol. The highest BCUT2D eigenvalue weighted by molar-refractivity contribution is 6.34. The number of anilines is 2. The molecule has 1 aliphatic carbocycles. The molecule has 2 aromatic carbocycles. The van der Waals surface area contributed by atoms with E-state index in [1.807, 2.05) is 30.3 Å². The third-order valence-electron chi connectivity index (χ3n) is 4.66. The zero-order chi connectivity index (χ0) is 20.4. The largest absolute Gasteiger partial charge is 0.440 e. The molecule has 3 aromatic rings. The van der Waals surface area contributed by atoms with Crippen LogP contribution in [0.5, 0.6) is 0 Å². The molecule has 1 heterocycles. The number of nitrogens with zero attached hydrogens (tertiary/aromatic N) is 1. The van der Waals surface area contributed by atoms with E-state index in [-0.39, 0.29) is 17.5 Å². The Balaban J connectivity index is 1.61. The van der Waals surface area contributed by atoms with Gasteiger partial charge in [-0.3, -0.25) is 9.59 Å². The number of oxazole rings is 1. The lowest BCUT2D eigenvalue weighted by atomic mass is 10.2. The molecule has 0 aliphatic heterocycles. The molecule has 1 saturated carbocycles. The van der Waals surface area contributed by atoms with Gasteiger partial charge in [-0.1, -0.05) is 36.7 Å². The highest BCUT2D eigenvalue weighted by Gasteiger charge is 2.34. The number of carbonyl (C=O) groups excluding carboxylic acids is 2. The van der Waals surface area contributed by atoms with Crippen LogP contribution in [0.4, 0.5) is 11.4 Å². The minimum absolute atomic E-state index is 0.121. The van der Waals surface area contributed by atoms with Gasteiger partial charge in [-0.2, -0.15) is 0 Å². The fourth-order valence-electron chi connectivity index (χ4n) is 2.95. The second-order valence-electron chi connectivity index (χ2n) is 6.92. The van der Waals surface area contributed by atoms with E-state index >= 15 is 0 Å². The van der Waals surface area contributed by atoms with E-state index in [4.69, 9.17) is 16.0 Å². The quantitative estimate of drug-likeness (QED) is 0.565. The van der Waals surface area contributed by atoms with Gasteiger partial charge in [0.25, 0.3) is 5.91 Å². The van der Waals surface area contributed by atoms with Crippen molar-refractivity contribution in [3.63, 3.8) is 0 Å². The third-order valence-corrected chi connectivity index (χ3v) is 4.99. The van der Waals surface area contributed by atoms with Crippen molar-refractivity contribution in [1.82, 2.24) is 4.98 Å². The van der Waals surface area contributed by atoms with Crippen molar-refractivity contribution in [1.29, 1.82) is 0 Å². The van der Waals surface area contributed by atoms with E-state index in [1.54, 1.807) is 25.1 Å². The number of halogens is 1. The molecule has 1 aliphatic rings. The Morgan fingerprint density at radius 1 is 1.14 bits per heavy atom. The summed E-state index contributed by atoms with van der Waals surface area (Å²) in [5, 5.41) is 5.92. The highest BCUT2D eigenvalue weighted by Crippen LogP contribution is 2.43. The zero-order valence-electron chi connectivity index (χ0n) is 15.9. The topological polar surface area (TPSA) is 84.2 Å². The van der Waals surface area contributed by atoms with Crippen molar-refractivity contribution in [2.24, 2.45) is 0 Å². The molecule has 0 bridgehead atoms. The number of nitrogens with one attached hydrogen (secondary N) is 2. The Kier molecular flexibility index (Phi) is 5.36. The van der Waals surface area contributed by atoms with Gasteiger partial charge in [0, 0.05) is 23.6 Å². The molecule has 1 aromatic heterocycles. The summed E-state index contributed by atoms with van der Waals surface area (Å²) in [7, 11) is 0. The molecule has 29 heavy (non-hydrogen) atoms. The minimum atomic E-state index is -0.390. The SMILES string of the molecule is CCC(=O)Nc1ccc(Cl)c(NC(=O)c2nc(-c3ccccc3)oc2C2CC2)c1. The zero-order valence-corrected chi connectivity index (χ0v) is 16.6. The molecule has 0 radical (unpaired) electrons. The Hall–Kier alpha value is -3.12. The van der Waals surface area contributed by atoms with Crippen LogP contribution in [0, 0.1) is 0 Å². The van der Waals surface area contributed by atoms with E-state index in [0.717, 1.165) is 18.4 Å². The van der Waals surface area contributed by atoms with Crippen LogP contribution in [-0.4, -0.2) is 16.8 Å². The molecular formula is C22H20ClN3O3. The number of aromatic nitrogens is 1. The number of benzene rings is 2. The van der Waals surface area contributed by atoms with Gasteiger partial charge in [-0.25, -0.2) is 4.98 Å². The summed E-state index contributed by atoms with van der Waals surface area (Å²) in [5.74, 6) is 0.732. The average molecular weight is 410 g/mol. The van der Waals surface area contributed by atoms with Gasteiger partial charge in [-0.05, 0) is 43.2 Å². The third kappa shape index (κ3) is 4.32. The Morgan fingerprint density at radius 2 is 1.90 bits per heavy atom. The summed E-state index contributed by atoms with van der Waals surface area (Å²) in [5.41, 5.74) is 2.04. The molecule has 0 unspecified atom stereocenters. The number of carbonyl (C=O) groups is 2. The molecule has 7 heteroatoms. The van der Waals surface area contributed by atoms with E-state index < -0.39 is 5.91 Å². The lowest BCUT2D eigenvalue weighted by Crippen LogP contribution is -2.15. The molecule has 1 fully saturated rings. The van der Waals surface area contributed by atoms with E-state index in [1.165, 1.54) is 0 Å². The smallest absolute Gasteiger partial charge is 0.277 e. The Labute approximate surface area is 173 Å². The number of amides is 2. The first-order valence-electron chi connectivity index (χ1n) is 9.52. The van der Waals surface area contributed by atoms with Crippen LogP contribution in [0.15, 0.2) is 52.9 Å². The molecule has 0 saturated heterocycles. The standard InChI is InChI=1S/C22H20ClN3O3/c1-2-18(27)24-15-10-11-16(23)17(12-15)25-21(28)19-20(13-8-9-13)29-22(26-19)14-6-4-3-5-7-14/h3-7,10-13H,2,8-9H2,1H3,(H,24,27)(H,25,28). The van der Waals surface area contributed by atoms with Gasteiger partial charge in [0.2, 0.25) is 11.8 Å². The maximum absolute atomic E-state index is 13.0. The van der Waals surface area contributed by atoms with Crippen LogP contribution >= 0.6 is 11.6 Å². The number of hydrogen-bond acceptors (Lipinski definition) is 4. The van der Waals surface area contributed by atoms with Gasteiger partial charge in [0.1, 0.15) is 5.76 Å². The fourth-order valence-corrected chi connectivity index (χ4v) is 3.12. The van der Waals surface area contributed by atoms with E-state index in [0.29, 0.717) is 34.5 Å². The van der Waals surface area contributed by atoms with Gasteiger partial charge < -0.3 is 15.1 Å². The maximum Gasteiger partial charge on any atom is 0.277 e. The summed E-state index contributed by atoms with van der Waals surface area (Å²) in [6.07, 6.45) is 2.31. The average Bonchev–Trinajstić information content (AvgIpc) is 3.48. The van der Waals surface area contributed by atoms with E-state index in [2.05, 4.69) is 15.6 Å². The van der Waals surface area contributed by atoms with Gasteiger partial charge >= 0.3 is 0 Å². The Morgan fingerprint density at radius 3 is 2.59 bits per heavy atom. The van der Waals surface area contributed by atoms with Gasteiger partial charge in [-0.15, -0.1) is 0 Å². The summed E-state index contributed by atoms with van der Waals surface area (Å²) in [6, 6.07) is 14.4. The molecule has 2 N–H and O–H groups in total. The van der Waals surface area contributed by atoms with Crippen molar-refractivity contribution in [2.75, 3.05) is 10.6 Å². The van der Waals surface area contributed by atoms with Crippen molar-refractivity contribution >= 4 is 34.8 Å². The van der Waals surface area contributed by atoms with Crippen molar-refractivity contribution in [3.8, 4) is 11.5 Å². The van der Waals surface area contributed by atoms with Crippen LogP contribution in [-0.2, 0) is 4.79 Å². The first-order valence-corrected chi connectivity index (χ1v) is 9.90. The normalized spacial score (nSPS) is 13.2. The highest BCUT2D eigenvalue weighted by atomic mass is 35.5. The van der Waals surface area contributed by atoms with Crippen LogP contribution in [0.25, 0.3) is 11.5 Å². The van der Waals surface area contributed by atoms with Crippen molar-refractivity contribution in [2.45, 2.75) is 32.1 Å². The molecule has 0 spiro atoms. The van der Waals surface area contributed by atoms with Crippen molar-refractivity contribution in [3.05, 3.63) is 65.0 Å². The lowest BCUT2D eigenvalue weighted by Gasteiger charge is -2.10. The van der Waals surface area contributed by atoms with Crippen LogP contribution in [0.1, 0.15) is 48.4 Å². The monoisotopic (exact) mass is 409 g/mol. The summed E-state index contributed by atoms with van der Waals surface area (Å²) in [6.45, 7) is 1.77. The van der Waals surface area contributed by atoms with Gasteiger partial charge in [0.15, 0.2) is 5.69 Å². The number of hydrogen-bond donors (Lipinski definition) is 2. The first kappa shape index (κ1) is 19.2. The predicted octanol–water partition coefficient (Wildman–Crippen LogP) is 5.47. The fraction of sp³-hybridized carbons (Fsp3) is 0.227. The molecule has 0 atom stereocenters. The second-order valence-corrected chi connectivity index (χ2v) is 7.33. The van der Waals surface area contributed by atoms with E-state index in [9.17, 15) is 9.59 Å². The minimum Gasteiger partial charge on any atom is -0.440 e. The summed E-state index contributed by atoms with van der Waals surface area (Å²) >= 11 is 6.24.